The number of hydrogen-bond donors (Lipinski definition) is 1. The molecule has 0 fully saturated rings. The third-order valence-corrected chi connectivity index (χ3v) is 3.56. The Kier molecular flexibility index (Phi) is 5.25. The number of ether oxygens (including phenoxy) is 1. The van der Waals surface area contributed by atoms with Crippen LogP contribution in [0.2, 0.25) is 5.02 Å². The molecule has 5 heteroatoms. The van der Waals surface area contributed by atoms with Gasteiger partial charge in [0.1, 0.15) is 29.2 Å². The van der Waals surface area contributed by atoms with Crippen LogP contribution in [0.15, 0.2) is 48.2 Å². The van der Waals surface area contributed by atoms with Crippen LogP contribution in [0.5, 0.6) is 11.5 Å². The fourth-order valence-electron chi connectivity index (χ4n) is 1.82. The summed E-state index contributed by atoms with van der Waals surface area (Å²) < 4.78 is 5.79. The number of anilines is 1. The number of aryl methyl sites for hydroxylation is 2. The van der Waals surface area contributed by atoms with Crippen LogP contribution in [0.1, 0.15) is 11.1 Å². The number of nitriles is 2. The average Bonchev–Trinajstić information content (AvgIpc) is 2.54. The van der Waals surface area contributed by atoms with E-state index in [0.717, 1.165) is 5.56 Å². The van der Waals surface area contributed by atoms with Crippen molar-refractivity contribution >= 4 is 17.3 Å². The molecule has 114 valence electrons. The minimum atomic E-state index is -0.0171. The molecule has 0 aliphatic heterocycles. The van der Waals surface area contributed by atoms with Gasteiger partial charge in [0.25, 0.3) is 0 Å². The highest BCUT2D eigenvalue weighted by atomic mass is 35.5. The molecule has 4 nitrogen and oxygen atoms in total. The predicted octanol–water partition coefficient (Wildman–Crippen LogP) is 5.09. The van der Waals surface area contributed by atoms with Crippen molar-refractivity contribution in [3.05, 3.63) is 64.3 Å². The Bertz CT molecular complexity index is 828. The zero-order valence-electron chi connectivity index (χ0n) is 12.7. The molecule has 23 heavy (non-hydrogen) atoms. The molecule has 2 aromatic carbocycles. The molecule has 2 rings (SSSR count). The van der Waals surface area contributed by atoms with Gasteiger partial charge in [0.15, 0.2) is 0 Å². The molecule has 0 unspecified atom stereocenters. The van der Waals surface area contributed by atoms with Gasteiger partial charge in [-0.1, -0.05) is 17.7 Å². The van der Waals surface area contributed by atoms with Gasteiger partial charge in [0, 0.05) is 11.9 Å². The molecule has 0 heterocycles. The highest BCUT2D eigenvalue weighted by molar-refractivity contribution is 6.32. The highest BCUT2D eigenvalue weighted by Crippen LogP contribution is 2.32. The number of halogens is 1. The van der Waals surface area contributed by atoms with Gasteiger partial charge in [-0.2, -0.15) is 10.5 Å². The molecule has 0 saturated carbocycles. The number of nitrogens with zero attached hydrogens (tertiary/aromatic N) is 2. The first-order chi connectivity index (χ1) is 11.0. The summed E-state index contributed by atoms with van der Waals surface area (Å²) in [5, 5.41) is 20.6. The van der Waals surface area contributed by atoms with Crippen molar-refractivity contribution < 1.29 is 4.74 Å². The lowest BCUT2D eigenvalue weighted by atomic mass is 10.1. The standard InChI is InChI=1S/C18H14ClN3O/c1-12-3-5-16(7-13(12)2)23-18-6-4-15(8-17(18)19)22-11-14(9-20)10-21/h3-8,11,22H,1-2H3. The minimum Gasteiger partial charge on any atom is -0.456 e. The van der Waals surface area contributed by atoms with Crippen LogP contribution in [0, 0.1) is 36.5 Å². The molecule has 0 aliphatic rings. The topological polar surface area (TPSA) is 68.8 Å². The summed E-state index contributed by atoms with van der Waals surface area (Å²) in [4.78, 5) is 0. The first-order valence-corrected chi connectivity index (χ1v) is 7.23. The minimum absolute atomic E-state index is 0.0171. The fraction of sp³-hybridized carbons (Fsp3) is 0.111. The summed E-state index contributed by atoms with van der Waals surface area (Å²) in [7, 11) is 0. The number of rotatable bonds is 4. The van der Waals surface area contributed by atoms with E-state index < -0.39 is 0 Å². The lowest BCUT2D eigenvalue weighted by molar-refractivity contribution is 0.482. The second-order valence-electron chi connectivity index (χ2n) is 4.92. The van der Waals surface area contributed by atoms with Gasteiger partial charge < -0.3 is 10.1 Å². The second kappa shape index (κ2) is 7.35. The van der Waals surface area contributed by atoms with Crippen LogP contribution in [0.25, 0.3) is 0 Å². The van der Waals surface area contributed by atoms with E-state index in [2.05, 4.69) is 5.32 Å². The van der Waals surface area contributed by atoms with E-state index in [1.807, 2.05) is 32.0 Å². The summed E-state index contributed by atoms with van der Waals surface area (Å²) in [5.74, 6) is 1.25. The van der Waals surface area contributed by atoms with Crippen LogP contribution in [0.3, 0.4) is 0 Å². The Hall–Kier alpha value is -2.95. The van der Waals surface area contributed by atoms with Gasteiger partial charge in [-0.05, 0) is 55.3 Å². The average molecular weight is 324 g/mol. The Morgan fingerprint density at radius 1 is 1.09 bits per heavy atom. The molecule has 0 saturated heterocycles. The molecule has 1 N–H and O–H groups in total. The molecule has 0 atom stereocenters. The highest BCUT2D eigenvalue weighted by Gasteiger charge is 2.05. The summed E-state index contributed by atoms with van der Waals surface area (Å²) in [6.45, 7) is 4.06. The van der Waals surface area contributed by atoms with Gasteiger partial charge in [0.2, 0.25) is 0 Å². The molecule has 2 aromatic rings. The molecule has 0 bridgehead atoms. The fourth-order valence-corrected chi connectivity index (χ4v) is 2.04. The number of allylic oxidation sites excluding steroid dienone is 1. The normalized spacial score (nSPS) is 9.43. The Morgan fingerprint density at radius 3 is 2.43 bits per heavy atom. The van der Waals surface area contributed by atoms with Gasteiger partial charge in [-0.25, -0.2) is 0 Å². The number of nitrogens with one attached hydrogen (secondary N) is 1. The van der Waals surface area contributed by atoms with E-state index in [1.165, 1.54) is 11.8 Å². The third-order valence-electron chi connectivity index (χ3n) is 3.26. The van der Waals surface area contributed by atoms with E-state index in [-0.39, 0.29) is 5.57 Å². The van der Waals surface area contributed by atoms with E-state index in [0.29, 0.717) is 22.2 Å². The molecule has 0 amide bonds. The van der Waals surface area contributed by atoms with Gasteiger partial charge in [0.05, 0.1) is 5.02 Å². The molecule has 0 spiro atoms. The summed E-state index contributed by atoms with van der Waals surface area (Å²) in [6.07, 6.45) is 1.33. The summed E-state index contributed by atoms with van der Waals surface area (Å²) >= 11 is 6.22. The van der Waals surface area contributed by atoms with Crippen molar-refractivity contribution in [3.63, 3.8) is 0 Å². The Labute approximate surface area is 140 Å². The van der Waals surface area contributed by atoms with Crippen LogP contribution < -0.4 is 10.1 Å². The molecular weight excluding hydrogens is 310 g/mol. The SMILES string of the molecule is Cc1ccc(Oc2ccc(NC=C(C#N)C#N)cc2Cl)cc1C. The number of benzene rings is 2. The zero-order valence-corrected chi connectivity index (χ0v) is 13.5. The van der Waals surface area contributed by atoms with Gasteiger partial charge in [-0.15, -0.1) is 0 Å². The summed E-state index contributed by atoms with van der Waals surface area (Å²) in [5.41, 5.74) is 2.98. The van der Waals surface area contributed by atoms with Crippen molar-refractivity contribution in [1.82, 2.24) is 0 Å². The van der Waals surface area contributed by atoms with Crippen LogP contribution >= 0.6 is 11.6 Å². The maximum atomic E-state index is 8.68. The maximum absolute atomic E-state index is 8.68. The Morgan fingerprint density at radius 2 is 1.83 bits per heavy atom. The molecule has 0 aliphatic carbocycles. The largest absolute Gasteiger partial charge is 0.456 e. The van der Waals surface area contributed by atoms with Gasteiger partial charge in [-0.3, -0.25) is 0 Å². The van der Waals surface area contributed by atoms with Crippen molar-refractivity contribution in [2.24, 2.45) is 0 Å². The van der Waals surface area contributed by atoms with Crippen LogP contribution in [0.4, 0.5) is 5.69 Å². The second-order valence-corrected chi connectivity index (χ2v) is 5.33. The van der Waals surface area contributed by atoms with E-state index >= 15 is 0 Å². The third kappa shape index (κ3) is 4.26. The Balaban J connectivity index is 2.16. The number of hydrogen-bond acceptors (Lipinski definition) is 4. The zero-order chi connectivity index (χ0) is 16.8. The van der Waals surface area contributed by atoms with Crippen molar-refractivity contribution in [1.29, 1.82) is 10.5 Å². The lowest BCUT2D eigenvalue weighted by Crippen LogP contribution is -1.92. The van der Waals surface area contributed by atoms with E-state index in [9.17, 15) is 0 Å². The van der Waals surface area contributed by atoms with E-state index in [1.54, 1.807) is 30.3 Å². The quantitative estimate of drug-likeness (QED) is 0.795. The van der Waals surface area contributed by atoms with Crippen LogP contribution in [-0.2, 0) is 0 Å². The van der Waals surface area contributed by atoms with E-state index in [4.69, 9.17) is 26.9 Å². The van der Waals surface area contributed by atoms with Crippen molar-refractivity contribution in [2.45, 2.75) is 13.8 Å². The monoisotopic (exact) mass is 323 g/mol. The predicted molar refractivity (Wildman–Crippen MR) is 90.4 cm³/mol. The molecular formula is C18H14ClN3O. The molecule has 0 aromatic heterocycles. The summed E-state index contributed by atoms with van der Waals surface area (Å²) in [6, 6.07) is 14.5. The smallest absolute Gasteiger partial charge is 0.146 e. The molecule has 0 radical (unpaired) electrons. The lowest BCUT2D eigenvalue weighted by Gasteiger charge is -2.10. The van der Waals surface area contributed by atoms with Crippen molar-refractivity contribution in [2.75, 3.05) is 5.32 Å². The van der Waals surface area contributed by atoms with Crippen LogP contribution in [-0.4, -0.2) is 0 Å². The first kappa shape index (κ1) is 16.4. The van der Waals surface area contributed by atoms with Crippen molar-refractivity contribution in [3.8, 4) is 23.6 Å². The maximum Gasteiger partial charge on any atom is 0.146 e. The van der Waals surface area contributed by atoms with Gasteiger partial charge >= 0.3 is 0 Å². The first-order valence-electron chi connectivity index (χ1n) is 6.85.